The molecule has 1 atom stereocenters. The second-order valence-electron chi connectivity index (χ2n) is 6.98. The molecule has 0 aliphatic heterocycles. The third-order valence-corrected chi connectivity index (χ3v) is 4.95. The predicted molar refractivity (Wildman–Crippen MR) is 115 cm³/mol. The number of hydrogen-bond donors (Lipinski definition) is 1. The van der Waals surface area contributed by atoms with Gasteiger partial charge < -0.3 is 15.0 Å². The van der Waals surface area contributed by atoms with Crippen LogP contribution in [-0.4, -0.2) is 52.4 Å². The van der Waals surface area contributed by atoms with E-state index in [0.29, 0.717) is 6.54 Å². The molecule has 7 nitrogen and oxygen atoms in total. The molecule has 0 aliphatic carbocycles. The van der Waals surface area contributed by atoms with Gasteiger partial charge >= 0.3 is 0 Å². The molecule has 1 N–H and O–H groups in total. The van der Waals surface area contributed by atoms with Gasteiger partial charge in [0.1, 0.15) is 17.9 Å². The Kier molecular flexibility index (Phi) is 5.39. The maximum atomic E-state index is 5.27. The first-order valence-electron chi connectivity index (χ1n) is 9.46. The molecule has 148 valence electrons. The van der Waals surface area contributed by atoms with Crippen LogP contribution in [0.4, 0.5) is 5.82 Å². The van der Waals surface area contributed by atoms with Crippen molar-refractivity contribution in [2.24, 2.45) is 0 Å². The highest BCUT2D eigenvalue weighted by Gasteiger charge is 2.16. The number of nitrogens with zero attached hydrogens (tertiary/aromatic N) is 5. The van der Waals surface area contributed by atoms with E-state index in [0.717, 1.165) is 28.3 Å². The van der Waals surface area contributed by atoms with Crippen molar-refractivity contribution in [3.63, 3.8) is 0 Å². The highest BCUT2D eigenvalue weighted by molar-refractivity contribution is 5.87. The van der Waals surface area contributed by atoms with Crippen LogP contribution in [0.5, 0.6) is 5.75 Å². The summed E-state index contributed by atoms with van der Waals surface area (Å²) in [6, 6.07) is 18.3. The van der Waals surface area contributed by atoms with Gasteiger partial charge in [0.25, 0.3) is 0 Å². The van der Waals surface area contributed by atoms with Crippen molar-refractivity contribution in [1.29, 1.82) is 0 Å². The fourth-order valence-corrected chi connectivity index (χ4v) is 3.36. The number of rotatable bonds is 7. The van der Waals surface area contributed by atoms with Gasteiger partial charge in [-0.2, -0.15) is 5.10 Å². The predicted octanol–water partition coefficient (Wildman–Crippen LogP) is 3.54. The number of anilines is 1. The SMILES string of the molecule is COc1ccc([C@H](CNc2ncnc3c2cnn3-c2ccccc2)N(C)C)cc1. The highest BCUT2D eigenvalue weighted by atomic mass is 16.5. The number of hydrogen-bond acceptors (Lipinski definition) is 6. The van der Waals surface area contributed by atoms with Gasteiger partial charge in [0, 0.05) is 6.54 Å². The third kappa shape index (κ3) is 3.90. The van der Waals surface area contributed by atoms with Crippen molar-refractivity contribution in [3.8, 4) is 11.4 Å². The Hall–Kier alpha value is -3.45. The maximum absolute atomic E-state index is 5.27. The van der Waals surface area contributed by atoms with Crippen LogP contribution in [0.1, 0.15) is 11.6 Å². The first kappa shape index (κ1) is 18.9. The first-order valence-corrected chi connectivity index (χ1v) is 9.46. The summed E-state index contributed by atoms with van der Waals surface area (Å²) in [4.78, 5) is 11.1. The van der Waals surface area contributed by atoms with Gasteiger partial charge in [-0.1, -0.05) is 30.3 Å². The lowest BCUT2D eigenvalue weighted by molar-refractivity contribution is 0.311. The van der Waals surface area contributed by atoms with E-state index in [-0.39, 0.29) is 6.04 Å². The first-order chi connectivity index (χ1) is 14.2. The fourth-order valence-electron chi connectivity index (χ4n) is 3.36. The molecule has 0 radical (unpaired) electrons. The van der Waals surface area contributed by atoms with Gasteiger partial charge in [0.2, 0.25) is 0 Å². The minimum absolute atomic E-state index is 0.176. The molecule has 0 saturated heterocycles. The molecule has 2 aromatic carbocycles. The van der Waals surface area contributed by atoms with Crippen molar-refractivity contribution in [2.75, 3.05) is 33.1 Å². The van der Waals surface area contributed by atoms with Crippen LogP contribution in [0.2, 0.25) is 0 Å². The standard InChI is InChI=1S/C22H24N6O/c1-27(2)20(16-9-11-18(29-3)12-10-16)14-23-21-19-13-26-28(22(19)25-15-24-21)17-7-5-4-6-8-17/h4-13,15,20H,14H2,1-3H3,(H,23,24,25)/t20-/m0/s1. The summed E-state index contributed by atoms with van der Waals surface area (Å²) in [5, 5.41) is 8.89. The number of nitrogens with one attached hydrogen (secondary N) is 1. The molecule has 0 bridgehead atoms. The Bertz CT molecular complexity index is 1080. The molecule has 0 fully saturated rings. The van der Waals surface area contributed by atoms with Crippen molar-refractivity contribution in [2.45, 2.75) is 6.04 Å². The summed E-state index contributed by atoms with van der Waals surface area (Å²) in [5.41, 5.74) is 2.95. The number of aromatic nitrogens is 4. The summed E-state index contributed by atoms with van der Waals surface area (Å²) >= 11 is 0. The number of methoxy groups -OCH3 is 1. The van der Waals surface area contributed by atoms with E-state index in [1.807, 2.05) is 53.3 Å². The van der Waals surface area contributed by atoms with E-state index in [1.165, 1.54) is 5.56 Å². The smallest absolute Gasteiger partial charge is 0.168 e. The normalized spacial score (nSPS) is 12.3. The molecule has 0 amide bonds. The molecule has 29 heavy (non-hydrogen) atoms. The van der Waals surface area contributed by atoms with E-state index in [9.17, 15) is 0 Å². The van der Waals surface area contributed by atoms with E-state index < -0.39 is 0 Å². The Morgan fingerprint density at radius 1 is 1.03 bits per heavy atom. The van der Waals surface area contributed by atoms with Crippen molar-refractivity contribution in [1.82, 2.24) is 24.6 Å². The van der Waals surface area contributed by atoms with Gasteiger partial charge in [-0.25, -0.2) is 14.6 Å². The zero-order chi connectivity index (χ0) is 20.2. The number of para-hydroxylation sites is 1. The molecule has 4 aromatic rings. The van der Waals surface area contributed by atoms with Gasteiger partial charge in [-0.15, -0.1) is 0 Å². The molecule has 2 heterocycles. The van der Waals surface area contributed by atoms with E-state index in [1.54, 1.807) is 13.4 Å². The Labute approximate surface area is 170 Å². The second kappa shape index (κ2) is 8.28. The molecular formula is C22H24N6O. The quantitative estimate of drug-likeness (QED) is 0.522. The summed E-state index contributed by atoms with van der Waals surface area (Å²) in [6.45, 7) is 0.696. The van der Waals surface area contributed by atoms with Crippen LogP contribution in [-0.2, 0) is 0 Å². The summed E-state index contributed by atoms with van der Waals surface area (Å²) in [5.74, 6) is 1.63. The van der Waals surface area contributed by atoms with Crippen molar-refractivity contribution >= 4 is 16.9 Å². The van der Waals surface area contributed by atoms with Gasteiger partial charge in [0.05, 0.1) is 30.4 Å². The monoisotopic (exact) mass is 388 g/mol. The average Bonchev–Trinajstić information content (AvgIpc) is 3.20. The van der Waals surface area contributed by atoms with Crippen molar-refractivity contribution < 1.29 is 4.74 Å². The minimum atomic E-state index is 0.176. The van der Waals surface area contributed by atoms with Crippen LogP contribution in [0, 0.1) is 0 Å². The molecule has 0 aliphatic rings. The van der Waals surface area contributed by atoms with Gasteiger partial charge in [0.15, 0.2) is 5.65 Å². The topological polar surface area (TPSA) is 68.1 Å². The second-order valence-corrected chi connectivity index (χ2v) is 6.98. The Balaban J connectivity index is 1.59. The van der Waals surface area contributed by atoms with Crippen LogP contribution in [0.25, 0.3) is 16.7 Å². The molecule has 0 spiro atoms. The molecule has 2 aromatic heterocycles. The van der Waals surface area contributed by atoms with Crippen LogP contribution in [0.15, 0.2) is 67.1 Å². The lowest BCUT2D eigenvalue weighted by atomic mass is 10.1. The van der Waals surface area contributed by atoms with Gasteiger partial charge in [-0.3, -0.25) is 0 Å². The highest BCUT2D eigenvalue weighted by Crippen LogP contribution is 2.25. The summed E-state index contributed by atoms with van der Waals surface area (Å²) in [7, 11) is 5.81. The number of benzene rings is 2. The number of ether oxygens (including phenoxy) is 1. The lowest BCUT2D eigenvalue weighted by Gasteiger charge is -2.25. The molecule has 0 unspecified atom stereocenters. The Morgan fingerprint density at radius 3 is 2.48 bits per heavy atom. The number of likely N-dealkylation sites (N-methyl/N-ethyl adjacent to an activating group) is 1. The Morgan fingerprint density at radius 2 is 1.79 bits per heavy atom. The average molecular weight is 388 g/mol. The fraction of sp³-hybridized carbons (Fsp3) is 0.227. The molecule has 0 saturated carbocycles. The van der Waals surface area contributed by atoms with Gasteiger partial charge in [-0.05, 0) is 43.9 Å². The minimum Gasteiger partial charge on any atom is -0.497 e. The molecule has 7 heteroatoms. The number of fused-ring (bicyclic) bond motifs is 1. The summed E-state index contributed by atoms with van der Waals surface area (Å²) < 4.78 is 7.10. The van der Waals surface area contributed by atoms with E-state index in [2.05, 4.69) is 51.5 Å². The van der Waals surface area contributed by atoms with E-state index in [4.69, 9.17) is 4.74 Å². The zero-order valence-corrected chi connectivity index (χ0v) is 16.8. The largest absolute Gasteiger partial charge is 0.497 e. The van der Waals surface area contributed by atoms with Crippen LogP contribution < -0.4 is 10.1 Å². The molecular weight excluding hydrogens is 364 g/mol. The molecule has 4 rings (SSSR count). The summed E-state index contributed by atoms with van der Waals surface area (Å²) in [6.07, 6.45) is 3.38. The third-order valence-electron chi connectivity index (χ3n) is 4.95. The zero-order valence-electron chi connectivity index (χ0n) is 16.8. The van der Waals surface area contributed by atoms with Crippen molar-refractivity contribution in [3.05, 3.63) is 72.7 Å². The van der Waals surface area contributed by atoms with Crippen LogP contribution in [0.3, 0.4) is 0 Å². The lowest BCUT2D eigenvalue weighted by Crippen LogP contribution is -2.27. The maximum Gasteiger partial charge on any atom is 0.168 e. The van der Waals surface area contributed by atoms with E-state index >= 15 is 0 Å². The van der Waals surface area contributed by atoms with Crippen LogP contribution >= 0.6 is 0 Å².